The van der Waals surface area contributed by atoms with Gasteiger partial charge in [0.2, 0.25) is 0 Å². The summed E-state index contributed by atoms with van der Waals surface area (Å²) in [6, 6.07) is -0.536. The monoisotopic (exact) mass is 297 g/mol. The maximum absolute atomic E-state index is 15.0. The number of aromatic nitrogens is 4. The van der Waals surface area contributed by atoms with Crippen LogP contribution in [-0.4, -0.2) is 50.0 Å². The summed E-state index contributed by atoms with van der Waals surface area (Å²) in [6.07, 6.45) is 3.15. The Bertz CT molecular complexity index is 497. The molecule has 1 aliphatic carbocycles. The van der Waals surface area contributed by atoms with Crippen molar-refractivity contribution < 1.29 is 14.3 Å². The Balaban J connectivity index is 1.59. The second-order valence-corrected chi connectivity index (χ2v) is 6.28. The van der Waals surface area contributed by atoms with Gasteiger partial charge in [0.15, 0.2) is 5.82 Å². The molecule has 0 bridgehead atoms. The number of aromatic amines is 1. The van der Waals surface area contributed by atoms with Crippen LogP contribution in [0.1, 0.15) is 37.9 Å². The van der Waals surface area contributed by atoms with Crippen molar-refractivity contribution in [3.8, 4) is 0 Å². The minimum absolute atomic E-state index is 0.149. The van der Waals surface area contributed by atoms with Crippen LogP contribution >= 0.6 is 0 Å². The molecule has 2 fully saturated rings. The van der Waals surface area contributed by atoms with Crippen molar-refractivity contribution in [1.29, 1.82) is 0 Å². The number of aryl methyl sites for hydroxylation is 1. The summed E-state index contributed by atoms with van der Waals surface area (Å²) in [7, 11) is 0. The quantitative estimate of drug-likeness (QED) is 0.756. The molecule has 2 aliphatic rings. The standard InChI is InChI=1S/C13H20FN5O2/c14-13(4-2-11-16-18-19-17-11)3-1-8-7-15-10(12(20)21)5-9(8)6-13/h8-10,15H,1-7H2,(H,20,21)(H,16,17,18,19)/t8-,9+,10?,13+/m1/s1. The molecule has 0 spiro atoms. The number of carboxylic acids is 1. The number of aliphatic carboxylic acids is 1. The molecule has 0 aromatic carbocycles. The Labute approximate surface area is 121 Å². The van der Waals surface area contributed by atoms with Crippen LogP contribution in [0, 0.1) is 11.8 Å². The van der Waals surface area contributed by atoms with Crippen LogP contribution in [-0.2, 0) is 11.2 Å². The van der Waals surface area contributed by atoms with Gasteiger partial charge in [0.25, 0.3) is 0 Å². The summed E-state index contributed by atoms with van der Waals surface area (Å²) in [5.74, 6) is 0.240. The number of H-pyrrole nitrogens is 1. The molecular formula is C13H20FN5O2. The number of carboxylic acid groups (broad SMARTS) is 1. The molecule has 2 heterocycles. The molecule has 4 atom stereocenters. The molecule has 1 saturated heterocycles. The third-order valence-corrected chi connectivity index (χ3v) is 4.91. The number of tetrazole rings is 1. The number of rotatable bonds is 4. The minimum atomic E-state index is -1.23. The molecule has 1 aromatic heterocycles. The van der Waals surface area contributed by atoms with E-state index in [0.29, 0.717) is 50.4 Å². The summed E-state index contributed by atoms with van der Waals surface area (Å²) in [5.41, 5.74) is -1.23. The molecule has 1 aliphatic heterocycles. The van der Waals surface area contributed by atoms with Crippen molar-refractivity contribution in [2.45, 2.75) is 50.2 Å². The fourth-order valence-electron chi connectivity index (χ4n) is 3.68. The van der Waals surface area contributed by atoms with Gasteiger partial charge in [-0.3, -0.25) is 4.79 Å². The molecule has 3 rings (SSSR count). The highest BCUT2D eigenvalue weighted by molar-refractivity contribution is 5.73. The summed E-state index contributed by atoms with van der Waals surface area (Å²) < 4.78 is 15.0. The molecule has 3 N–H and O–H groups in total. The zero-order valence-corrected chi connectivity index (χ0v) is 11.8. The number of hydrogen-bond donors (Lipinski definition) is 3. The summed E-state index contributed by atoms with van der Waals surface area (Å²) >= 11 is 0. The van der Waals surface area contributed by atoms with Gasteiger partial charge in [0.1, 0.15) is 11.7 Å². The lowest BCUT2D eigenvalue weighted by atomic mass is 9.67. The van der Waals surface area contributed by atoms with E-state index in [1.54, 1.807) is 0 Å². The molecule has 7 nitrogen and oxygen atoms in total. The Morgan fingerprint density at radius 3 is 3.05 bits per heavy atom. The van der Waals surface area contributed by atoms with Crippen LogP contribution < -0.4 is 5.32 Å². The van der Waals surface area contributed by atoms with E-state index in [9.17, 15) is 4.79 Å². The average Bonchev–Trinajstić information content (AvgIpc) is 2.98. The van der Waals surface area contributed by atoms with E-state index >= 15 is 4.39 Å². The summed E-state index contributed by atoms with van der Waals surface area (Å²) in [4.78, 5) is 11.1. The SMILES string of the molecule is O=C(O)C1C[C@H]2C[C@@](F)(CCc3nn[nH]n3)CC[C@@H]2CN1. The normalized spacial score (nSPS) is 36.1. The van der Waals surface area contributed by atoms with Crippen LogP contribution in [0.15, 0.2) is 0 Å². The van der Waals surface area contributed by atoms with E-state index in [1.807, 2.05) is 0 Å². The van der Waals surface area contributed by atoms with Crippen LogP contribution in [0.25, 0.3) is 0 Å². The molecule has 8 heteroatoms. The molecule has 1 aromatic rings. The van der Waals surface area contributed by atoms with E-state index in [-0.39, 0.29) is 5.92 Å². The van der Waals surface area contributed by atoms with Gasteiger partial charge in [-0.15, -0.1) is 10.2 Å². The smallest absolute Gasteiger partial charge is 0.320 e. The largest absolute Gasteiger partial charge is 0.480 e. The maximum atomic E-state index is 15.0. The summed E-state index contributed by atoms with van der Waals surface area (Å²) in [5, 5.41) is 25.7. The molecule has 1 unspecified atom stereocenters. The number of carbonyl (C=O) groups is 1. The third-order valence-electron chi connectivity index (χ3n) is 4.91. The zero-order valence-electron chi connectivity index (χ0n) is 11.8. The van der Waals surface area contributed by atoms with Crippen molar-refractivity contribution in [3.63, 3.8) is 0 Å². The number of fused-ring (bicyclic) bond motifs is 1. The molecule has 21 heavy (non-hydrogen) atoms. The highest BCUT2D eigenvalue weighted by atomic mass is 19.1. The van der Waals surface area contributed by atoms with Crippen molar-refractivity contribution in [2.75, 3.05) is 6.54 Å². The Kier molecular flexibility index (Phi) is 3.88. The first-order chi connectivity index (χ1) is 10.1. The lowest BCUT2D eigenvalue weighted by molar-refractivity contribution is -0.141. The number of hydrogen-bond acceptors (Lipinski definition) is 5. The van der Waals surface area contributed by atoms with Crippen molar-refractivity contribution in [2.24, 2.45) is 11.8 Å². The lowest BCUT2D eigenvalue weighted by Crippen LogP contribution is -2.51. The van der Waals surface area contributed by atoms with Gasteiger partial charge in [-0.1, -0.05) is 5.21 Å². The molecule has 116 valence electrons. The van der Waals surface area contributed by atoms with E-state index < -0.39 is 17.7 Å². The molecule has 0 amide bonds. The predicted molar refractivity (Wildman–Crippen MR) is 71.2 cm³/mol. The van der Waals surface area contributed by atoms with Crippen molar-refractivity contribution in [1.82, 2.24) is 25.9 Å². The number of nitrogens with zero attached hydrogens (tertiary/aromatic N) is 3. The van der Waals surface area contributed by atoms with Gasteiger partial charge < -0.3 is 10.4 Å². The van der Waals surface area contributed by atoms with E-state index in [1.165, 1.54) is 0 Å². The second-order valence-electron chi connectivity index (χ2n) is 6.28. The van der Waals surface area contributed by atoms with E-state index in [4.69, 9.17) is 5.11 Å². The van der Waals surface area contributed by atoms with Crippen LogP contribution in [0.4, 0.5) is 4.39 Å². The first kappa shape index (κ1) is 14.4. The van der Waals surface area contributed by atoms with Crippen molar-refractivity contribution >= 4 is 5.97 Å². The Hall–Kier alpha value is -1.57. The summed E-state index contributed by atoms with van der Waals surface area (Å²) in [6.45, 7) is 0.683. The molecular weight excluding hydrogens is 277 g/mol. The highest BCUT2D eigenvalue weighted by Crippen LogP contribution is 2.44. The van der Waals surface area contributed by atoms with Gasteiger partial charge in [0, 0.05) is 6.42 Å². The zero-order chi connectivity index (χ0) is 14.9. The minimum Gasteiger partial charge on any atom is -0.480 e. The van der Waals surface area contributed by atoms with Crippen molar-refractivity contribution in [3.05, 3.63) is 5.82 Å². The second kappa shape index (κ2) is 5.67. The predicted octanol–water partition coefficient (Wildman–Crippen LogP) is 0.703. The van der Waals surface area contributed by atoms with E-state index in [0.717, 1.165) is 6.42 Å². The number of piperidine rings is 1. The first-order valence-electron chi connectivity index (χ1n) is 7.43. The number of nitrogens with one attached hydrogen (secondary N) is 2. The lowest BCUT2D eigenvalue weighted by Gasteiger charge is -2.44. The van der Waals surface area contributed by atoms with E-state index in [2.05, 4.69) is 25.9 Å². The third kappa shape index (κ3) is 3.20. The fraction of sp³-hybridized carbons (Fsp3) is 0.846. The maximum Gasteiger partial charge on any atom is 0.320 e. The number of alkyl halides is 1. The molecule has 0 radical (unpaired) electrons. The molecule has 1 saturated carbocycles. The van der Waals surface area contributed by atoms with Gasteiger partial charge >= 0.3 is 5.97 Å². The Morgan fingerprint density at radius 2 is 2.33 bits per heavy atom. The number of halogens is 1. The van der Waals surface area contributed by atoms with Crippen LogP contribution in [0.5, 0.6) is 0 Å². The Morgan fingerprint density at radius 1 is 1.48 bits per heavy atom. The van der Waals surface area contributed by atoms with Crippen LogP contribution in [0.3, 0.4) is 0 Å². The van der Waals surface area contributed by atoms with Gasteiger partial charge in [-0.05, 0) is 50.5 Å². The average molecular weight is 297 g/mol. The van der Waals surface area contributed by atoms with Gasteiger partial charge in [-0.2, -0.15) is 5.21 Å². The van der Waals surface area contributed by atoms with Gasteiger partial charge in [-0.25, -0.2) is 4.39 Å². The topological polar surface area (TPSA) is 104 Å². The fourth-order valence-corrected chi connectivity index (χ4v) is 3.68. The first-order valence-corrected chi connectivity index (χ1v) is 7.43. The van der Waals surface area contributed by atoms with Gasteiger partial charge in [0.05, 0.1) is 0 Å². The van der Waals surface area contributed by atoms with Crippen LogP contribution in [0.2, 0.25) is 0 Å². The highest BCUT2D eigenvalue weighted by Gasteiger charge is 2.44.